The van der Waals surface area contributed by atoms with E-state index in [1.54, 1.807) is 0 Å². The normalized spacial score (nSPS) is 13.0. The Morgan fingerprint density at radius 1 is 1.00 bits per heavy atom. The summed E-state index contributed by atoms with van der Waals surface area (Å²) in [5.74, 6) is 1.33. The van der Waals surface area contributed by atoms with Crippen molar-refractivity contribution in [2.24, 2.45) is 11.7 Å². The molecule has 3 heteroatoms. The Bertz CT molecular complexity index is 729. The second-order valence-corrected chi connectivity index (χ2v) is 5.80. The van der Waals surface area contributed by atoms with E-state index in [4.69, 9.17) is 10.7 Å². The first-order chi connectivity index (χ1) is 10.2. The number of nitrogens with two attached hydrogens (primary N) is 1. The summed E-state index contributed by atoms with van der Waals surface area (Å²) in [6, 6.07) is 18.6. The zero-order valence-electron chi connectivity index (χ0n) is 12.5. The first kappa shape index (κ1) is 13.8. The molecule has 0 aliphatic carbocycles. The first-order valence-electron chi connectivity index (χ1n) is 7.41. The molecule has 0 amide bonds. The molecule has 1 aromatic heterocycles. The zero-order valence-corrected chi connectivity index (χ0v) is 12.5. The van der Waals surface area contributed by atoms with E-state index in [0.29, 0.717) is 5.92 Å². The fraction of sp³-hybridized carbons (Fsp3) is 0.278. The van der Waals surface area contributed by atoms with Gasteiger partial charge in [0.1, 0.15) is 5.82 Å². The molecule has 0 aliphatic rings. The van der Waals surface area contributed by atoms with Crippen molar-refractivity contribution in [3.05, 3.63) is 66.0 Å². The Labute approximate surface area is 125 Å². The van der Waals surface area contributed by atoms with Crippen LogP contribution in [-0.2, 0) is 6.54 Å². The van der Waals surface area contributed by atoms with Crippen LogP contribution in [0, 0.1) is 5.92 Å². The molecule has 108 valence electrons. The predicted molar refractivity (Wildman–Crippen MR) is 87.0 cm³/mol. The maximum absolute atomic E-state index is 6.37. The summed E-state index contributed by atoms with van der Waals surface area (Å²) in [5, 5.41) is 0. The third-order valence-corrected chi connectivity index (χ3v) is 3.88. The quantitative estimate of drug-likeness (QED) is 0.790. The zero-order chi connectivity index (χ0) is 14.8. The third kappa shape index (κ3) is 2.69. The lowest BCUT2D eigenvalue weighted by atomic mass is 10.0. The van der Waals surface area contributed by atoms with Gasteiger partial charge in [-0.05, 0) is 23.6 Å². The molecule has 21 heavy (non-hydrogen) atoms. The van der Waals surface area contributed by atoms with Crippen molar-refractivity contribution in [3.63, 3.8) is 0 Å². The van der Waals surface area contributed by atoms with Crippen molar-refractivity contribution in [2.45, 2.75) is 26.4 Å². The lowest BCUT2D eigenvalue weighted by Crippen LogP contribution is -2.22. The fourth-order valence-electron chi connectivity index (χ4n) is 2.58. The van der Waals surface area contributed by atoms with E-state index in [2.05, 4.69) is 54.8 Å². The standard InChI is InChI=1S/C18H21N3/c1-13(2)17(19)18-20-15-10-6-7-11-16(15)21(18)12-14-8-4-3-5-9-14/h3-11,13,17H,12,19H2,1-2H3/t17-/m1/s1. The van der Waals surface area contributed by atoms with Gasteiger partial charge in [0.25, 0.3) is 0 Å². The second-order valence-electron chi connectivity index (χ2n) is 5.80. The number of hydrogen-bond donors (Lipinski definition) is 1. The summed E-state index contributed by atoms with van der Waals surface area (Å²) >= 11 is 0. The van der Waals surface area contributed by atoms with E-state index in [1.165, 1.54) is 5.56 Å². The van der Waals surface area contributed by atoms with Crippen molar-refractivity contribution < 1.29 is 0 Å². The van der Waals surface area contributed by atoms with E-state index < -0.39 is 0 Å². The molecule has 0 spiro atoms. The van der Waals surface area contributed by atoms with Gasteiger partial charge < -0.3 is 10.3 Å². The fourth-order valence-corrected chi connectivity index (χ4v) is 2.58. The highest BCUT2D eigenvalue weighted by atomic mass is 15.1. The van der Waals surface area contributed by atoms with Crippen LogP contribution in [0.3, 0.4) is 0 Å². The molecule has 0 bridgehead atoms. The van der Waals surface area contributed by atoms with Crippen molar-refractivity contribution in [3.8, 4) is 0 Å². The number of benzene rings is 2. The summed E-state index contributed by atoms with van der Waals surface area (Å²) in [4.78, 5) is 4.77. The summed E-state index contributed by atoms with van der Waals surface area (Å²) < 4.78 is 2.25. The summed E-state index contributed by atoms with van der Waals surface area (Å²) in [6.45, 7) is 5.07. The average molecular weight is 279 g/mol. The average Bonchev–Trinajstić information content (AvgIpc) is 2.86. The molecule has 2 N–H and O–H groups in total. The van der Waals surface area contributed by atoms with Gasteiger partial charge in [-0.15, -0.1) is 0 Å². The van der Waals surface area contributed by atoms with Crippen LogP contribution in [0.25, 0.3) is 11.0 Å². The van der Waals surface area contributed by atoms with E-state index in [1.807, 2.05) is 18.2 Å². The smallest absolute Gasteiger partial charge is 0.127 e. The van der Waals surface area contributed by atoms with E-state index in [-0.39, 0.29) is 6.04 Å². The van der Waals surface area contributed by atoms with E-state index >= 15 is 0 Å². The Kier molecular flexibility index (Phi) is 3.76. The molecular weight excluding hydrogens is 258 g/mol. The van der Waals surface area contributed by atoms with Crippen LogP contribution in [0.4, 0.5) is 0 Å². The van der Waals surface area contributed by atoms with Crippen LogP contribution in [0.2, 0.25) is 0 Å². The van der Waals surface area contributed by atoms with Gasteiger partial charge in [-0.25, -0.2) is 4.98 Å². The molecular formula is C18H21N3. The maximum Gasteiger partial charge on any atom is 0.127 e. The Hall–Kier alpha value is -2.13. The molecule has 0 fully saturated rings. The Balaban J connectivity index is 2.11. The monoisotopic (exact) mass is 279 g/mol. The molecule has 0 radical (unpaired) electrons. The molecule has 3 nitrogen and oxygen atoms in total. The molecule has 1 atom stereocenters. The van der Waals surface area contributed by atoms with Gasteiger partial charge in [0.2, 0.25) is 0 Å². The molecule has 0 saturated carbocycles. The lowest BCUT2D eigenvalue weighted by Gasteiger charge is -2.17. The van der Waals surface area contributed by atoms with Gasteiger partial charge in [-0.1, -0.05) is 56.3 Å². The highest BCUT2D eigenvalue weighted by Gasteiger charge is 2.19. The number of imidazole rings is 1. The van der Waals surface area contributed by atoms with Gasteiger partial charge in [0.15, 0.2) is 0 Å². The number of fused-ring (bicyclic) bond motifs is 1. The topological polar surface area (TPSA) is 43.8 Å². The van der Waals surface area contributed by atoms with Gasteiger partial charge in [0, 0.05) is 6.54 Å². The van der Waals surface area contributed by atoms with Crippen LogP contribution < -0.4 is 5.73 Å². The lowest BCUT2D eigenvalue weighted by molar-refractivity contribution is 0.475. The number of rotatable bonds is 4. The predicted octanol–water partition coefficient (Wildman–Crippen LogP) is 3.74. The van der Waals surface area contributed by atoms with Gasteiger partial charge in [0.05, 0.1) is 17.1 Å². The molecule has 3 aromatic rings. The summed E-state index contributed by atoms with van der Waals surface area (Å²) in [7, 11) is 0. The Morgan fingerprint density at radius 2 is 1.67 bits per heavy atom. The van der Waals surface area contributed by atoms with E-state index in [0.717, 1.165) is 23.4 Å². The third-order valence-electron chi connectivity index (χ3n) is 3.88. The van der Waals surface area contributed by atoms with Gasteiger partial charge >= 0.3 is 0 Å². The van der Waals surface area contributed by atoms with Crippen molar-refractivity contribution in [2.75, 3.05) is 0 Å². The molecule has 0 unspecified atom stereocenters. The minimum Gasteiger partial charge on any atom is -0.322 e. The number of hydrogen-bond acceptors (Lipinski definition) is 2. The Morgan fingerprint density at radius 3 is 2.38 bits per heavy atom. The van der Waals surface area contributed by atoms with Crippen LogP contribution in [0.1, 0.15) is 31.3 Å². The number of aromatic nitrogens is 2. The summed E-state index contributed by atoms with van der Waals surface area (Å²) in [5.41, 5.74) is 9.79. The van der Waals surface area contributed by atoms with Crippen molar-refractivity contribution in [1.29, 1.82) is 0 Å². The summed E-state index contributed by atoms with van der Waals surface area (Å²) in [6.07, 6.45) is 0. The largest absolute Gasteiger partial charge is 0.322 e. The van der Waals surface area contributed by atoms with Crippen LogP contribution in [0.15, 0.2) is 54.6 Å². The molecule has 1 heterocycles. The first-order valence-corrected chi connectivity index (χ1v) is 7.41. The van der Waals surface area contributed by atoms with Crippen LogP contribution >= 0.6 is 0 Å². The highest BCUT2D eigenvalue weighted by Crippen LogP contribution is 2.24. The van der Waals surface area contributed by atoms with Gasteiger partial charge in [-0.3, -0.25) is 0 Å². The number of para-hydroxylation sites is 2. The molecule has 3 rings (SSSR count). The van der Waals surface area contributed by atoms with E-state index in [9.17, 15) is 0 Å². The van der Waals surface area contributed by atoms with Gasteiger partial charge in [-0.2, -0.15) is 0 Å². The van der Waals surface area contributed by atoms with Crippen molar-refractivity contribution >= 4 is 11.0 Å². The molecule has 0 aliphatic heterocycles. The second kappa shape index (κ2) is 5.70. The van der Waals surface area contributed by atoms with Crippen LogP contribution in [-0.4, -0.2) is 9.55 Å². The molecule has 0 saturated heterocycles. The van der Waals surface area contributed by atoms with Crippen LogP contribution in [0.5, 0.6) is 0 Å². The number of nitrogens with zero attached hydrogens (tertiary/aromatic N) is 2. The highest BCUT2D eigenvalue weighted by molar-refractivity contribution is 5.76. The van der Waals surface area contributed by atoms with Crippen molar-refractivity contribution in [1.82, 2.24) is 9.55 Å². The minimum absolute atomic E-state index is 0.0545. The molecule has 2 aromatic carbocycles. The SMILES string of the molecule is CC(C)[C@@H](N)c1nc2ccccc2n1Cc1ccccc1. The minimum atomic E-state index is -0.0545. The maximum atomic E-state index is 6.37.